The van der Waals surface area contributed by atoms with E-state index in [1.807, 2.05) is 6.92 Å². The number of rotatable bonds is 14. The number of ether oxygens (including phenoxy) is 2. The van der Waals surface area contributed by atoms with Gasteiger partial charge in [-0.15, -0.1) is 0 Å². The van der Waals surface area contributed by atoms with E-state index in [1.165, 1.54) is 18.2 Å². The normalized spacial score (nSPS) is 10.4. The minimum atomic E-state index is -1.13. The molecule has 206 valence electrons. The van der Waals surface area contributed by atoms with Gasteiger partial charge in [0.05, 0.1) is 12.2 Å². The first kappa shape index (κ1) is 29.4. The van der Waals surface area contributed by atoms with Crippen LogP contribution >= 0.6 is 23.7 Å². The van der Waals surface area contributed by atoms with Gasteiger partial charge in [-0.05, 0) is 62.5 Å². The van der Waals surface area contributed by atoms with Crippen molar-refractivity contribution in [1.29, 1.82) is 5.41 Å². The van der Waals surface area contributed by atoms with Crippen LogP contribution in [0, 0.1) is 5.41 Å². The fourth-order valence-electron chi connectivity index (χ4n) is 3.50. The highest BCUT2D eigenvalue weighted by Gasteiger charge is 2.18. The number of hydrogen-bond acceptors (Lipinski definition) is 9. The molecule has 0 fully saturated rings. The number of carbonyl (C=O) groups excluding carboxylic acids is 1. The molecule has 0 aromatic heterocycles. The fraction of sp³-hybridized carbons (Fsp3) is 0.192. The molecule has 13 heteroatoms. The molecule has 0 saturated carbocycles. The molecule has 3 rings (SSSR count). The number of nitrogen functional groups attached to an aromatic ring is 1. The van der Waals surface area contributed by atoms with E-state index in [-0.39, 0.29) is 23.7 Å². The fourth-order valence-corrected chi connectivity index (χ4v) is 4.01. The van der Waals surface area contributed by atoms with Crippen molar-refractivity contribution in [2.45, 2.75) is 13.5 Å². The van der Waals surface area contributed by atoms with Gasteiger partial charge in [-0.2, -0.15) is 0 Å². The van der Waals surface area contributed by atoms with E-state index < -0.39 is 18.5 Å². The van der Waals surface area contributed by atoms with Gasteiger partial charge in [0.15, 0.2) is 18.1 Å². The molecular formula is C26H29ClN6O5S. The molecule has 11 nitrogen and oxygen atoms in total. The highest BCUT2D eigenvalue weighted by molar-refractivity contribution is 7.98. The molecule has 39 heavy (non-hydrogen) atoms. The number of hydrogen-bond donors (Lipinski definition) is 7. The lowest BCUT2D eigenvalue weighted by molar-refractivity contribution is -0.139. The number of aliphatic carboxylic acids is 1. The maximum Gasteiger partial charge on any atom is 0.341 e. The van der Waals surface area contributed by atoms with Gasteiger partial charge in [-0.25, -0.2) is 9.52 Å². The van der Waals surface area contributed by atoms with Crippen LogP contribution in [0.4, 0.5) is 17.1 Å². The second-order valence-electron chi connectivity index (χ2n) is 7.97. The highest BCUT2D eigenvalue weighted by atomic mass is 35.5. The Morgan fingerprint density at radius 1 is 1.08 bits per heavy atom. The monoisotopic (exact) mass is 572 g/mol. The average molecular weight is 573 g/mol. The summed E-state index contributed by atoms with van der Waals surface area (Å²) in [6.07, 6.45) is 0. The predicted molar refractivity (Wildman–Crippen MR) is 155 cm³/mol. The topological polar surface area (TPSA) is 171 Å². The SMILES string of the molecule is CCOc1cc(NSNC)cc(CNc2ccc(Cl)cc2C(=O)Nc2ccc(C(=N)N)cc2)c1OCC(=O)O. The number of anilines is 3. The number of carboxylic acids is 1. The number of amides is 1. The summed E-state index contributed by atoms with van der Waals surface area (Å²) in [5, 5.41) is 23.1. The van der Waals surface area contributed by atoms with E-state index >= 15 is 0 Å². The first-order valence-corrected chi connectivity index (χ1v) is 12.9. The summed E-state index contributed by atoms with van der Waals surface area (Å²) in [6.45, 7) is 1.77. The van der Waals surface area contributed by atoms with Crippen molar-refractivity contribution in [2.24, 2.45) is 5.73 Å². The number of amidine groups is 1. The zero-order chi connectivity index (χ0) is 28.4. The largest absolute Gasteiger partial charge is 0.490 e. The van der Waals surface area contributed by atoms with Crippen molar-refractivity contribution >= 4 is 58.5 Å². The molecule has 0 unspecified atom stereocenters. The Hall–Kier alpha value is -4.13. The van der Waals surface area contributed by atoms with Crippen LogP contribution in [0.1, 0.15) is 28.4 Å². The molecule has 0 spiro atoms. The highest BCUT2D eigenvalue weighted by Crippen LogP contribution is 2.37. The van der Waals surface area contributed by atoms with Crippen LogP contribution in [0.2, 0.25) is 5.02 Å². The van der Waals surface area contributed by atoms with Gasteiger partial charge in [0, 0.05) is 58.0 Å². The van der Waals surface area contributed by atoms with E-state index in [4.69, 9.17) is 32.2 Å². The van der Waals surface area contributed by atoms with Crippen molar-refractivity contribution in [3.05, 3.63) is 76.3 Å². The van der Waals surface area contributed by atoms with Crippen LogP contribution in [-0.2, 0) is 11.3 Å². The summed E-state index contributed by atoms with van der Waals surface area (Å²) in [7, 11) is 1.76. The Morgan fingerprint density at radius 3 is 2.46 bits per heavy atom. The summed E-state index contributed by atoms with van der Waals surface area (Å²) in [6, 6.07) is 14.9. The van der Waals surface area contributed by atoms with Crippen LogP contribution < -0.4 is 35.3 Å². The van der Waals surface area contributed by atoms with Gasteiger partial charge in [0.25, 0.3) is 5.91 Å². The Labute approximate surface area is 235 Å². The summed E-state index contributed by atoms with van der Waals surface area (Å²) < 4.78 is 17.4. The second kappa shape index (κ2) is 14.1. The van der Waals surface area contributed by atoms with Gasteiger partial charge in [0.2, 0.25) is 0 Å². The number of nitrogens with two attached hydrogens (primary N) is 1. The molecule has 8 N–H and O–H groups in total. The molecule has 0 aliphatic carbocycles. The van der Waals surface area contributed by atoms with Crippen LogP contribution in [0.15, 0.2) is 54.6 Å². The van der Waals surface area contributed by atoms with Crippen molar-refractivity contribution in [1.82, 2.24) is 4.72 Å². The van der Waals surface area contributed by atoms with Crippen molar-refractivity contribution in [3.63, 3.8) is 0 Å². The maximum atomic E-state index is 13.2. The van der Waals surface area contributed by atoms with Gasteiger partial charge >= 0.3 is 5.97 Å². The quantitative estimate of drug-likeness (QED) is 0.0825. The Balaban J connectivity index is 1.90. The van der Waals surface area contributed by atoms with Crippen molar-refractivity contribution in [3.8, 4) is 11.5 Å². The molecular weight excluding hydrogens is 544 g/mol. The Morgan fingerprint density at radius 2 is 1.82 bits per heavy atom. The van der Waals surface area contributed by atoms with Crippen LogP contribution in [0.5, 0.6) is 11.5 Å². The summed E-state index contributed by atoms with van der Waals surface area (Å²) in [5.41, 5.74) is 8.62. The zero-order valence-electron chi connectivity index (χ0n) is 21.3. The minimum absolute atomic E-state index is 0.0720. The molecule has 0 saturated heterocycles. The Kier molecular flexibility index (Phi) is 10.7. The molecule has 3 aromatic carbocycles. The molecule has 3 aromatic rings. The van der Waals surface area contributed by atoms with Gasteiger partial charge in [0.1, 0.15) is 5.84 Å². The van der Waals surface area contributed by atoms with Gasteiger partial charge < -0.3 is 35.7 Å². The average Bonchev–Trinajstić information content (AvgIpc) is 2.90. The second-order valence-corrected chi connectivity index (χ2v) is 9.23. The third-order valence-electron chi connectivity index (χ3n) is 5.19. The summed E-state index contributed by atoms with van der Waals surface area (Å²) in [4.78, 5) is 24.4. The lowest BCUT2D eigenvalue weighted by Gasteiger charge is -2.19. The number of carboxylic acid groups (broad SMARTS) is 1. The van der Waals surface area contributed by atoms with E-state index in [0.29, 0.717) is 45.6 Å². The molecule has 0 atom stereocenters. The van der Waals surface area contributed by atoms with E-state index in [1.54, 1.807) is 55.6 Å². The van der Waals surface area contributed by atoms with Crippen LogP contribution in [-0.4, -0.2) is 43.1 Å². The lowest BCUT2D eigenvalue weighted by Crippen LogP contribution is -2.16. The number of halogens is 1. The molecule has 1 amide bonds. The molecule has 0 aliphatic rings. The number of carbonyl (C=O) groups is 2. The third kappa shape index (κ3) is 8.43. The van der Waals surface area contributed by atoms with E-state index in [0.717, 1.165) is 0 Å². The van der Waals surface area contributed by atoms with E-state index in [9.17, 15) is 14.7 Å². The minimum Gasteiger partial charge on any atom is -0.490 e. The maximum absolute atomic E-state index is 13.2. The standard InChI is InChI=1S/C26H29ClN6O5S/c1-3-37-22-12-19(33-39-30-2)10-16(24(22)38-14-23(34)35)13-31-21-9-6-17(27)11-20(21)26(36)32-18-7-4-15(5-8-18)25(28)29/h4-12,30-31,33H,3,13-14H2,1-2H3,(H3,28,29)(H,32,36)(H,34,35). The smallest absolute Gasteiger partial charge is 0.341 e. The molecule has 0 heterocycles. The number of benzene rings is 3. The lowest BCUT2D eigenvalue weighted by atomic mass is 10.1. The van der Waals surface area contributed by atoms with Gasteiger partial charge in [-0.1, -0.05) is 11.6 Å². The first-order valence-electron chi connectivity index (χ1n) is 11.7. The Bertz CT molecular complexity index is 1340. The predicted octanol–water partition coefficient (Wildman–Crippen LogP) is 4.55. The van der Waals surface area contributed by atoms with E-state index in [2.05, 4.69) is 20.1 Å². The third-order valence-corrected chi connectivity index (χ3v) is 5.97. The first-order chi connectivity index (χ1) is 18.7. The zero-order valence-corrected chi connectivity index (χ0v) is 22.8. The molecule has 0 radical (unpaired) electrons. The molecule has 0 bridgehead atoms. The van der Waals surface area contributed by atoms with Gasteiger partial charge in [-0.3, -0.25) is 10.2 Å². The van der Waals surface area contributed by atoms with Crippen LogP contribution in [0.25, 0.3) is 0 Å². The van der Waals surface area contributed by atoms with Crippen molar-refractivity contribution in [2.75, 3.05) is 35.6 Å². The summed E-state index contributed by atoms with van der Waals surface area (Å²) >= 11 is 7.45. The van der Waals surface area contributed by atoms with Crippen molar-refractivity contribution < 1.29 is 24.2 Å². The van der Waals surface area contributed by atoms with Crippen LogP contribution in [0.3, 0.4) is 0 Å². The number of nitrogens with one attached hydrogen (secondary N) is 5. The molecule has 0 aliphatic heterocycles. The summed E-state index contributed by atoms with van der Waals surface area (Å²) in [5.74, 6) is -0.958.